The number of nitrogens with two attached hydrogens (primary N) is 1. The largest absolute Gasteiger partial charge is 0.497 e. The third-order valence-corrected chi connectivity index (χ3v) is 4.58. The second-order valence-electron chi connectivity index (χ2n) is 5.91. The van der Waals surface area contributed by atoms with Gasteiger partial charge in [0.1, 0.15) is 5.75 Å². The molecule has 5 heteroatoms. The maximum Gasteiger partial charge on any atom is 0.161 e. The molecule has 2 aromatic carbocycles. The van der Waals surface area contributed by atoms with Crippen molar-refractivity contribution < 1.29 is 14.2 Å². The molecule has 0 saturated heterocycles. The Morgan fingerprint density at radius 1 is 1.00 bits per heavy atom. The second-order valence-corrected chi connectivity index (χ2v) is 5.91. The molecule has 1 aliphatic heterocycles. The van der Waals surface area contributed by atoms with E-state index in [0.717, 1.165) is 30.3 Å². The fourth-order valence-corrected chi connectivity index (χ4v) is 3.34. The van der Waals surface area contributed by atoms with Crippen molar-refractivity contribution in [2.24, 2.45) is 5.73 Å². The minimum atomic E-state index is 0.197. The normalized spacial score (nSPS) is 16.8. The first kappa shape index (κ1) is 16.6. The molecule has 1 aliphatic rings. The number of hydrogen-bond donors (Lipinski definition) is 1. The SMILES string of the molecule is COc1ccc2c(c1)C(CN)N(Cc1ccc(OC)c(OC)c1)C2. The summed E-state index contributed by atoms with van der Waals surface area (Å²) >= 11 is 0. The zero-order chi connectivity index (χ0) is 17.1. The van der Waals surface area contributed by atoms with Crippen molar-refractivity contribution in [1.29, 1.82) is 0 Å². The van der Waals surface area contributed by atoms with Crippen LogP contribution >= 0.6 is 0 Å². The van der Waals surface area contributed by atoms with Crippen molar-refractivity contribution in [3.05, 3.63) is 53.1 Å². The summed E-state index contributed by atoms with van der Waals surface area (Å²) in [5.74, 6) is 2.36. The highest BCUT2D eigenvalue weighted by Gasteiger charge is 2.29. The Labute approximate surface area is 142 Å². The van der Waals surface area contributed by atoms with Gasteiger partial charge in [0.05, 0.1) is 21.3 Å². The highest BCUT2D eigenvalue weighted by atomic mass is 16.5. The topological polar surface area (TPSA) is 57.0 Å². The molecule has 3 rings (SSSR count). The number of benzene rings is 2. The van der Waals surface area contributed by atoms with Crippen LogP contribution in [0.5, 0.6) is 17.2 Å². The van der Waals surface area contributed by atoms with Gasteiger partial charge in [0.25, 0.3) is 0 Å². The molecule has 1 heterocycles. The van der Waals surface area contributed by atoms with Gasteiger partial charge in [-0.2, -0.15) is 0 Å². The molecule has 1 atom stereocenters. The Bertz CT molecular complexity index is 718. The van der Waals surface area contributed by atoms with Gasteiger partial charge in [0, 0.05) is 25.7 Å². The Morgan fingerprint density at radius 3 is 2.46 bits per heavy atom. The maximum absolute atomic E-state index is 6.06. The van der Waals surface area contributed by atoms with Crippen LogP contribution in [0.3, 0.4) is 0 Å². The average Bonchev–Trinajstić information content (AvgIpc) is 2.97. The molecule has 2 aromatic rings. The van der Waals surface area contributed by atoms with Crippen LogP contribution in [0.25, 0.3) is 0 Å². The van der Waals surface area contributed by atoms with Gasteiger partial charge in [-0.1, -0.05) is 12.1 Å². The quantitative estimate of drug-likeness (QED) is 0.883. The summed E-state index contributed by atoms with van der Waals surface area (Å²) in [6.07, 6.45) is 0. The van der Waals surface area contributed by atoms with Crippen molar-refractivity contribution in [2.45, 2.75) is 19.1 Å². The van der Waals surface area contributed by atoms with Crippen molar-refractivity contribution in [1.82, 2.24) is 4.90 Å². The number of methoxy groups -OCH3 is 3. The Kier molecular flexibility index (Phi) is 4.92. The molecule has 0 aromatic heterocycles. The van der Waals surface area contributed by atoms with Gasteiger partial charge in [-0.05, 0) is 41.0 Å². The zero-order valence-electron chi connectivity index (χ0n) is 14.4. The van der Waals surface area contributed by atoms with E-state index in [2.05, 4.69) is 23.1 Å². The summed E-state index contributed by atoms with van der Waals surface area (Å²) in [7, 11) is 4.99. The predicted molar refractivity (Wildman–Crippen MR) is 93.6 cm³/mol. The lowest BCUT2D eigenvalue weighted by Crippen LogP contribution is -2.27. The van der Waals surface area contributed by atoms with Crippen molar-refractivity contribution in [2.75, 3.05) is 27.9 Å². The van der Waals surface area contributed by atoms with Crippen molar-refractivity contribution >= 4 is 0 Å². The molecular formula is C19H24N2O3. The molecule has 0 saturated carbocycles. The number of fused-ring (bicyclic) bond motifs is 1. The molecule has 0 spiro atoms. The van der Waals surface area contributed by atoms with E-state index in [9.17, 15) is 0 Å². The third kappa shape index (κ3) is 3.05. The minimum absolute atomic E-state index is 0.197. The molecule has 5 nitrogen and oxygen atoms in total. The van der Waals surface area contributed by atoms with Crippen LogP contribution in [0.15, 0.2) is 36.4 Å². The molecule has 0 amide bonds. The van der Waals surface area contributed by atoms with E-state index in [4.69, 9.17) is 19.9 Å². The Balaban J connectivity index is 1.83. The first-order valence-corrected chi connectivity index (χ1v) is 8.02. The van der Waals surface area contributed by atoms with Gasteiger partial charge in [0.2, 0.25) is 0 Å². The first-order chi connectivity index (χ1) is 11.7. The highest BCUT2D eigenvalue weighted by Crippen LogP contribution is 2.37. The van der Waals surface area contributed by atoms with Gasteiger partial charge in [-0.3, -0.25) is 4.90 Å². The molecule has 0 bridgehead atoms. The van der Waals surface area contributed by atoms with Crippen LogP contribution < -0.4 is 19.9 Å². The molecule has 0 radical (unpaired) electrons. The molecular weight excluding hydrogens is 304 g/mol. The maximum atomic E-state index is 6.06. The third-order valence-electron chi connectivity index (χ3n) is 4.58. The van der Waals surface area contributed by atoms with Gasteiger partial charge >= 0.3 is 0 Å². The monoisotopic (exact) mass is 328 g/mol. The van der Waals surface area contributed by atoms with E-state index in [1.54, 1.807) is 21.3 Å². The molecule has 128 valence electrons. The molecule has 0 aliphatic carbocycles. The minimum Gasteiger partial charge on any atom is -0.497 e. The lowest BCUT2D eigenvalue weighted by atomic mass is 10.0. The highest BCUT2D eigenvalue weighted by molar-refractivity contribution is 5.44. The van der Waals surface area contributed by atoms with Crippen molar-refractivity contribution in [3.8, 4) is 17.2 Å². The summed E-state index contributed by atoms with van der Waals surface area (Å²) < 4.78 is 16.1. The zero-order valence-corrected chi connectivity index (χ0v) is 14.4. The van der Waals surface area contributed by atoms with Crippen LogP contribution in [-0.4, -0.2) is 32.8 Å². The summed E-state index contributed by atoms with van der Waals surface area (Å²) in [5, 5.41) is 0. The van der Waals surface area contributed by atoms with E-state index in [0.29, 0.717) is 6.54 Å². The predicted octanol–water partition coefficient (Wildman–Crippen LogP) is 2.73. The van der Waals surface area contributed by atoms with Crippen LogP contribution in [0.2, 0.25) is 0 Å². The molecule has 1 unspecified atom stereocenters. The number of ether oxygens (including phenoxy) is 3. The van der Waals surface area contributed by atoms with E-state index < -0.39 is 0 Å². The smallest absolute Gasteiger partial charge is 0.161 e. The lowest BCUT2D eigenvalue weighted by molar-refractivity contribution is 0.210. The fourth-order valence-electron chi connectivity index (χ4n) is 3.34. The standard InChI is InChI=1S/C19H24N2O3/c1-22-15-6-5-14-12-21(17(10-20)16(14)9-15)11-13-4-7-18(23-2)19(8-13)24-3/h4-9,17H,10-12,20H2,1-3H3. The van der Waals surface area contributed by atoms with Gasteiger partial charge in [-0.15, -0.1) is 0 Å². The summed E-state index contributed by atoms with van der Waals surface area (Å²) in [6.45, 7) is 2.27. The fraction of sp³-hybridized carbons (Fsp3) is 0.368. The molecule has 2 N–H and O–H groups in total. The van der Waals surface area contributed by atoms with Crippen LogP contribution in [0.4, 0.5) is 0 Å². The summed E-state index contributed by atoms with van der Waals surface area (Å²) in [4.78, 5) is 2.38. The molecule has 0 fully saturated rings. The Morgan fingerprint density at radius 2 is 1.79 bits per heavy atom. The lowest BCUT2D eigenvalue weighted by Gasteiger charge is -2.24. The number of nitrogens with zero attached hydrogens (tertiary/aromatic N) is 1. The van der Waals surface area contributed by atoms with Crippen molar-refractivity contribution in [3.63, 3.8) is 0 Å². The van der Waals surface area contributed by atoms with E-state index in [-0.39, 0.29) is 6.04 Å². The first-order valence-electron chi connectivity index (χ1n) is 8.02. The van der Waals surface area contributed by atoms with Gasteiger partial charge < -0.3 is 19.9 Å². The van der Waals surface area contributed by atoms with Crippen LogP contribution in [-0.2, 0) is 13.1 Å². The van der Waals surface area contributed by atoms with Gasteiger partial charge in [0.15, 0.2) is 11.5 Å². The van der Waals surface area contributed by atoms with Crippen LogP contribution in [0.1, 0.15) is 22.7 Å². The number of rotatable bonds is 6. The van der Waals surface area contributed by atoms with Crippen LogP contribution in [0, 0.1) is 0 Å². The summed E-state index contributed by atoms with van der Waals surface area (Å²) in [5.41, 5.74) is 9.80. The number of hydrogen-bond acceptors (Lipinski definition) is 5. The molecule has 24 heavy (non-hydrogen) atoms. The second kappa shape index (κ2) is 7.11. The van der Waals surface area contributed by atoms with E-state index >= 15 is 0 Å². The van der Waals surface area contributed by atoms with E-state index in [1.807, 2.05) is 18.2 Å². The van der Waals surface area contributed by atoms with E-state index in [1.165, 1.54) is 16.7 Å². The summed E-state index contributed by atoms with van der Waals surface area (Å²) in [6, 6.07) is 12.5. The Hall–Kier alpha value is -2.24. The average molecular weight is 328 g/mol. The van der Waals surface area contributed by atoms with Gasteiger partial charge in [-0.25, -0.2) is 0 Å².